The number of ether oxygens (including phenoxy) is 3. The van der Waals surface area contributed by atoms with Crippen molar-refractivity contribution in [3.8, 4) is 0 Å². The van der Waals surface area contributed by atoms with Gasteiger partial charge in [-0.2, -0.15) is 0 Å². The SMILES string of the molecule is CC(C)(C)OC(=O)NC1=N[C@@]2(c3cc(N)ccc3F)CO[C@H](CF)C2CO1. The Morgan fingerprint density at radius 1 is 1.48 bits per heavy atom. The average molecular weight is 383 g/mol. The fourth-order valence-electron chi connectivity index (χ4n) is 3.33. The molecule has 1 unspecified atom stereocenters. The minimum atomic E-state index is -1.25. The van der Waals surface area contributed by atoms with Gasteiger partial charge in [0.2, 0.25) is 0 Å². The fourth-order valence-corrected chi connectivity index (χ4v) is 3.33. The standard InChI is InChI=1S/C18H23F2N3O4/c1-17(2,3)27-16(24)22-15-23-18(11-6-10(21)4-5-13(11)20)9-26-14(7-19)12(18)8-25-15/h4-6,12,14H,7-9,21H2,1-3H3,(H,22,23,24)/t12?,14-,18-/m1/s1. The van der Waals surface area contributed by atoms with Crippen molar-refractivity contribution in [2.75, 3.05) is 25.6 Å². The summed E-state index contributed by atoms with van der Waals surface area (Å²) in [7, 11) is 0. The lowest BCUT2D eigenvalue weighted by molar-refractivity contribution is 0.0466. The summed E-state index contributed by atoms with van der Waals surface area (Å²) in [5.41, 5.74) is 4.37. The molecule has 3 atom stereocenters. The number of alkyl halides is 1. The van der Waals surface area contributed by atoms with E-state index in [0.717, 1.165) is 0 Å². The highest BCUT2D eigenvalue weighted by Gasteiger charge is 2.55. The Hall–Kier alpha value is -2.42. The van der Waals surface area contributed by atoms with Gasteiger partial charge in [0.15, 0.2) is 0 Å². The largest absolute Gasteiger partial charge is 0.464 e. The summed E-state index contributed by atoms with van der Waals surface area (Å²) in [4.78, 5) is 16.4. The summed E-state index contributed by atoms with van der Waals surface area (Å²) in [6, 6.07) is 3.97. The van der Waals surface area contributed by atoms with Crippen LogP contribution in [0.3, 0.4) is 0 Å². The number of alkyl carbamates (subject to hydrolysis) is 1. The zero-order valence-corrected chi connectivity index (χ0v) is 15.4. The van der Waals surface area contributed by atoms with Crippen LogP contribution >= 0.6 is 0 Å². The van der Waals surface area contributed by atoms with E-state index in [-0.39, 0.29) is 24.8 Å². The summed E-state index contributed by atoms with van der Waals surface area (Å²) in [6.45, 7) is 4.32. The van der Waals surface area contributed by atoms with Crippen molar-refractivity contribution in [1.29, 1.82) is 0 Å². The maximum absolute atomic E-state index is 14.6. The Balaban J connectivity index is 1.98. The number of nitrogens with zero attached hydrogens (tertiary/aromatic N) is 1. The molecule has 148 valence electrons. The maximum Gasteiger partial charge on any atom is 0.415 e. The Bertz CT molecular complexity index is 765. The van der Waals surface area contributed by atoms with Crippen LogP contribution in [0.4, 0.5) is 19.3 Å². The van der Waals surface area contributed by atoms with E-state index < -0.39 is 41.7 Å². The molecule has 0 spiro atoms. The number of amides is 1. The molecule has 1 fully saturated rings. The number of rotatable bonds is 2. The minimum Gasteiger partial charge on any atom is -0.464 e. The van der Waals surface area contributed by atoms with E-state index in [9.17, 15) is 13.6 Å². The summed E-state index contributed by atoms with van der Waals surface area (Å²) in [5.74, 6) is -1.11. The molecule has 2 aliphatic rings. The number of benzene rings is 1. The van der Waals surface area contributed by atoms with Gasteiger partial charge in [0, 0.05) is 11.3 Å². The Morgan fingerprint density at radius 3 is 2.89 bits per heavy atom. The van der Waals surface area contributed by atoms with Gasteiger partial charge in [0.05, 0.1) is 25.2 Å². The summed E-state index contributed by atoms with van der Waals surface area (Å²) in [6.07, 6.45) is -1.55. The molecule has 7 nitrogen and oxygen atoms in total. The summed E-state index contributed by atoms with van der Waals surface area (Å²) < 4.78 is 44.2. The number of amidine groups is 1. The van der Waals surface area contributed by atoms with Crippen molar-refractivity contribution in [2.45, 2.75) is 38.0 Å². The van der Waals surface area contributed by atoms with Crippen molar-refractivity contribution in [2.24, 2.45) is 10.9 Å². The highest BCUT2D eigenvalue weighted by molar-refractivity contribution is 5.91. The first-order chi connectivity index (χ1) is 12.6. The second-order valence-corrected chi connectivity index (χ2v) is 7.63. The van der Waals surface area contributed by atoms with Gasteiger partial charge in [-0.15, -0.1) is 0 Å². The fraction of sp³-hybridized carbons (Fsp3) is 0.556. The number of nitrogens with one attached hydrogen (secondary N) is 1. The topological polar surface area (TPSA) is 95.2 Å². The number of hydrogen-bond donors (Lipinski definition) is 2. The van der Waals surface area contributed by atoms with E-state index in [0.29, 0.717) is 5.69 Å². The van der Waals surface area contributed by atoms with Gasteiger partial charge in [-0.3, -0.25) is 0 Å². The molecule has 3 N–H and O–H groups in total. The lowest BCUT2D eigenvalue weighted by Crippen LogP contribution is -2.48. The second-order valence-electron chi connectivity index (χ2n) is 7.63. The molecule has 2 aliphatic heterocycles. The van der Waals surface area contributed by atoms with Gasteiger partial charge in [-0.25, -0.2) is 23.9 Å². The molecule has 1 amide bonds. The Kier molecular flexibility index (Phi) is 4.98. The number of aliphatic imine (C=N–C) groups is 1. The third kappa shape index (κ3) is 3.83. The number of nitrogens with two attached hydrogens (primary N) is 1. The quantitative estimate of drug-likeness (QED) is 0.765. The van der Waals surface area contributed by atoms with Gasteiger partial charge < -0.3 is 19.9 Å². The molecule has 0 aromatic heterocycles. The number of hydrogen-bond acceptors (Lipinski definition) is 6. The van der Waals surface area contributed by atoms with Gasteiger partial charge in [0.1, 0.15) is 23.6 Å². The van der Waals surface area contributed by atoms with E-state index in [4.69, 9.17) is 19.9 Å². The first-order valence-electron chi connectivity index (χ1n) is 8.60. The molecular weight excluding hydrogens is 360 g/mol. The van der Waals surface area contributed by atoms with Crippen LogP contribution in [0.15, 0.2) is 23.2 Å². The van der Waals surface area contributed by atoms with E-state index in [1.54, 1.807) is 20.8 Å². The van der Waals surface area contributed by atoms with Crippen LogP contribution in [0.1, 0.15) is 26.3 Å². The molecule has 1 saturated heterocycles. The van der Waals surface area contributed by atoms with Crippen molar-refractivity contribution >= 4 is 17.8 Å². The third-order valence-corrected chi connectivity index (χ3v) is 4.50. The molecule has 9 heteroatoms. The van der Waals surface area contributed by atoms with Crippen LogP contribution < -0.4 is 11.1 Å². The molecule has 1 aromatic carbocycles. The van der Waals surface area contributed by atoms with Crippen molar-refractivity contribution in [1.82, 2.24) is 5.32 Å². The van der Waals surface area contributed by atoms with E-state index >= 15 is 0 Å². The smallest absolute Gasteiger partial charge is 0.415 e. The zero-order chi connectivity index (χ0) is 19.8. The minimum absolute atomic E-state index is 0.00252. The summed E-state index contributed by atoms with van der Waals surface area (Å²) >= 11 is 0. The molecule has 27 heavy (non-hydrogen) atoms. The maximum atomic E-state index is 14.6. The molecule has 1 aromatic rings. The van der Waals surface area contributed by atoms with Crippen LogP contribution in [0.2, 0.25) is 0 Å². The first kappa shape index (κ1) is 19.3. The molecular formula is C18H23F2N3O4. The molecule has 2 heterocycles. The van der Waals surface area contributed by atoms with Crippen LogP contribution in [0.5, 0.6) is 0 Å². The number of halogens is 2. The molecule has 3 rings (SSSR count). The number of anilines is 1. The number of carbonyl (C=O) groups excluding carboxylic acids is 1. The van der Waals surface area contributed by atoms with Gasteiger partial charge in [-0.1, -0.05) is 0 Å². The van der Waals surface area contributed by atoms with Crippen LogP contribution in [0.25, 0.3) is 0 Å². The molecule has 0 aliphatic carbocycles. The second kappa shape index (κ2) is 6.95. The van der Waals surface area contributed by atoms with Gasteiger partial charge >= 0.3 is 6.09 Å². The molecule has 0 saturated carbocycles. The summed E-state index contributed by atoms with van der Waals surface area (Å²) in [5, 5.41) is 2.41. The van der Waals surface area contributed by atoms with Crippen molar-refractivity contribution in [3.63, 3.8) is 0 Å². The molecule has 0 bridgehead atoms. The Morgan fingerprint density at radius 2 is 2.22 bits per heavy atom. The van der Waals surface area contributed by atoms with Crippen LogP contribution in [0, 0.1) is 11.7 Å². The van der Waals surface area contributed by atoms with Crippen LogP contribution in [-0.4, -0.2) is 43.7 Å². The number of carbonyl (C=O) groups is 1. The third-order valence-electron chi connectivity index (χ3n) is 4.50. The van der Waals surface area contributed by atoms with Gasteiger partial charge in [-0.05, 0) is 39.0 Å². The highest BCUT2D eigenvalue weighted by atomic mass is 19.1. The number of nitrogen functional groups attached to an aromatic ring is 1. The number of fused-ring (bicyclic) bond motifs is 1. The lowest BCUT2D eigenvalue weighted by Gasteiger charge is -2.36. The average Bonchev–Trinajstić information content (AvgIpc) is 2.94. The van der Waals surface area contributed by atoms with E-state index in [1.165, 1.54) is 18.2 Å². The zero-order valence-electron chi connectivity index (χ0n) is 15.4. The monoisotopic (exact) mass is 383 g/mol. The Labute approximate surface area is 155 Å². The van der Waals surface area contributed by atoms with E-state index in [1.807, 2.05) is 0 Å². The van der Waals surface area contributed by atoms with E-state index in [2.05, 4.69) is 10.3 Å². The molecule has 0 radical (unpaired) electrons. The van der Waals surface area contributed by atoms with Gasteiger partial charge in [0.25, 0.3) is 6.02 Å². The first-order valence-corrected chi connectivity index (χ1v) is 8.60. The van der Waals surface area contributed by atoms with Crippen molar-refractivity contribution < 1.29 is 27.8 Å². The van der Waals surface area contributed by atoms with Crippen LogP contribution in [-0.2, 0) is 19.7 Å². The highest BCUT2D eigenvalue weighted by Crippen LogP contribution is 2.46. The predicted molar refractivity (Wildman–Crippen MR) is 94.5 cm³/mol. The normalized spacial score (nSPS) is 27.4. The van der Waals surface area contributed by atoms with Crippen molar-refractivity contribution in [3.05, 3.63) is 29.6 Å². The lowest BCUT2D eigenvalue weighted by atomic mass is 9.78. The predicted octanol–water partition coefficient (Wildman–Crippen LogP) is 2.50.